The highest BCUT2D eigenvalue weighted by Crippen LogP contribution is 2.34. The summed E-state index contributed by atoms with van der Waals surface area (Å²) < 4.78 is 23.5. The van der Waals surface area contributed by atoms with Gasteiger partial charge in [0.1, 0.15) is 0 Å². The van der Waals surface area contributed by atoms with Crippen molar-refractivity contribution in [2.45, 2.75) is 56.5 Å². The maximum absolute atomic E-state index is 13.5. The molecule has 2 aromatic rings. The molecule has 0 radical (unpaired) electrons. The van der Waals surface area contributed by atoms with Crippen molar-refractivity contribution in [1.29, 1.82) is 0 Å². The number of hydrogen-bond donors (Lipinski definition) is 1. The minimum atomic E-state index is -3.79. The molecule has 1 unspecified atom stereocenters. The Kier molecular flexibility index (Phi) is 7.59. The molecule has 1 saturated heterocycles. The summed E-state index contributed by atoms with van der Waals surface area (Å²) in [4.78, 5) is 32.3. The van der Waals surface area contributed by atoms with E-state index in [2.05, 4.69) is 11.8 Å². The van der Waals surface area contributed by atoms with Crippen LogP contribution in [0, 0.1) is 0 Å². The van der Waals surface area contributed by atoms with E-state index in [4.69, 9.17) is 5.14 Å². The largest absolute Gasteiger partial charge is 0.339 e. The number of nitrogens with zero attached hydrogens (tertiary/aromatic N) is 3. The van der Waals surface area contributed by atoms with Gasteiger partial charge < -0.3 is 9.80 Å². The lowest BCUT2D eigenvalue weighted by molar-refractivity contribution is -0.120. The number of carbonyl (C=O) groups excluding carboxylic acids is 2. The van der Waals surface area contributed by atoms with E-state index < -0.39 is 10.0 Å². The van der Waals surface area contributed by atoms with Gasteiger partial charge in [0, 0.05) is 36.4 Å². The Bertz CT molecular complexity index is 1180. The van der Waals surface area contributed by atoms with Crippen molar-refractivity contribution in [3.05, 3.63) is 59.7 Å². The van der Waals surface area contributed by atoms with E-state index >= 15 is 0 Å². The van der Waals surface area contributed by atoms with Crippen LogP contribution in [0.4, 0.5) is 5.69 Å². The van der Waals surface area contributed by atoms with Crippen LogP contribution in [0.2, 0.25) is 0 Å². The summed E-state index contributed by atoms with van der Waals surface area (Å²) in [5.74, 6) is 0.0689. The van der Waals surface area contributed by atoms with E-state index in [0.717, 1.165) is 37.1 Å². The van der Waals surface area contributed by atoms with Crippen molar-refractivity contribution in [2.24, 2.45) is 5.14 Å². The molecule has 2 N–H and O–H groups in total. The van der Waals surface area contributed by atoms with Crippen LogP contribution >= 0.6 is 0 Å². The normalized spacial score (nSPS) is 18.7. The molecule has 2 heterocycles. The molecule has 2 aromatic carbocycles. The number of likely N-dealkylation sites (tertiary alicyclic amines) is 1. The number of rotatable bonds is 7. The van der Waals surface area contributed by atoms with Gasteiger partial charge >= 0.3 is 0 Å². The number of anilines is 1. The quantitative estimate of drug-likeness (QED) is 0.632. The molecule has 0 spiro atoms. The molecule has 188 valence electrons. The summed E-state index contributed by atoms with van der Waals surface area (Å²) in [6.45, 7) is 6.53. The van der Waals surface area contributed by atoms with Crippen LogP contribution in [-0.4, -0.2) is 68.3 Å². The highest BCUT2D eigenvalue weighted by molar-refractivity contribution is 7.89. The third kappa shape index (κ3) is 5.58. The van der Waals surface area contributed by atoms with Gasteiger partial charge in [-0.1, -0.05) is 25.1 Å². The predicted molar refractivity (Wildman–Crippen MR) is 136 cm³/mol. The fraction of sp³-hybridized carbons (Fsp3) is 0.462. The first kappa shape index (κ1) is 25.3. The van der Waals surface area contributed by atoms with Crippen molar-refractivity contribution >= 4 is 27.5 Å². The molecule has 9 heteroatoms. The van der Waals surface area contributed by atoms with Crippen LogP contribution < -0.4 is 10.0 Å². The Morgan fingerprint density at radius 2 is 1.77 bits per heavy atom. The Morgan fingerprint density at radius 1 is 1.09 bits per heavy atom. The number of carbonyl (C=O) groups is 2. The molecule has 8 nitrogen and oxygen atoms in total. The standard InChI is InChI=1S/C26H34N4O4S/c1-3-13-29(22-11-14-28(15-12-22)26(32)20-7-5-4-6-8-20)18-25(31)30-19(2)16-21-17-23(35(27,33)34)9-10-24(21)30/h4-10,17,19,22H,3,11-16,18H2,1-2H3,(H2,27,33,34). The average Bonchev–Trinajstić information content (AvgIpc) is 3.18. The van der Waals surface area contributed by atoms with Gasteiger partial charge in [-0.3, -0.25) is 14.5 Å². The van der Waals surface area contributed by atoms with Gasteiger partial charge in [-0.2, -0.15) is 0 Å². The zero-order valence-electron chi connectivity index (χ0n) is 20.4. The lowest BCUT2D eigenvalue weighted by Crippen LogP contribution is -2.51. The van der Waals surface area contributed by atoms with Crippen LogP contribution in [-0.2, 0) is 21.2 Å². The number of fused-ring (bicyclic) bond motifs is 1. The van der Waals surface area contributed by atoms with E-state index in [0.29, 0.717) is 31.6 Å². The van der Waals surface area contributed by atoms with Gasteiger partial charge in [-0.15, -0.1) is 0 Å². The maximum atomic E-state index is 13.5. The van der Waals surface area contributed by atoms with Gasteiger partial charge in [0.05, 0.1) is 11.4 Å². The molecule has 0 bridgehead atoms. The molecule has 1 fully saturated rings. The molecule has 2 aliphatic rings. The molecule has 1 atom stereocenters. The first-order valence-electron chi connectivity index (χ1n) is 12.2. The summed E-state index contributed by atoms with van der Waals surface area (Å²) in [6, 6.07) is 14.3. The molecule has 0 aromatic heterocycles. The highest BCUT2D eigenvalue weighted by atomic mass is 32.2. The second-order valence-corrected chi connectivity index (χ2v) is 11.1. The number of nitrogens with two attached hydrogens (primary N) is 1. The van der Waals surface area contributed by atoms with Crippen LogP contribution in [0.1, 0.15) is 49.0 Å². The monoisotopic (exact) mass is 498 g/mol. The van der Waals surface area contributed by atoms with Gasteiger partial charge in [0.2, 0.25) is 15.9 Å². The lowest BCUT2D eigenvalue weighted by Gasteiger charge is -2.39. The number of amides is 2. The van der Waals surface area contributed by atoms with Crippen molar-refractivity contribution in [2.75, 3.05) is 31.1 Å². The second-order valence-electron chi connectivity index (χ2n) is 9.51. The van der Waals surface area contributed by atoms with Crippen molar-refractivity contribution in [3.63, 3.8) is 0 Å². The van der Waals surface area contributed by atoms with E-state index in [1.165, 1.54) is 6.07 Å². The average molecular weight is 499 g/mol. The zero-order valence-corrected chi connectivity index (χ0v) is 21.2. The Balaban J connectivity index is 1.42. The fourth-order valence-electron chi connectivity index (χ4n) is 5.29. The van der Waals surface area contributed by atoms with Crippen LogP contribution in [0.3, 0.4) is 0 Å². The first-order chi connectivity index (χ1) is 16.7. The zero-order chi connectivity index (χ0) is 25.2. The third-order valence-electron chi connectivity index (χ3n) is 7.00. The SMILES string of the molecule is CCCN(CC(=O)N1c2ccc(S(N)(=O)=O)cc2CC1C)C1CCN(C(=O)c2ccccc2)CC1. The number of primary sulfonamides is 1. The molecular weight excluding hydrogens is 464 g/mol. The molecule has 35 heavy (non-hydrogen) atoms. The molecular formula is C26H34N4O4S. The Labute approximate surface area is 207 Å². The van der Waals surface area contributed by atoms with Crippen molar-refractivity contribution < 1.29 is 18.0 Å². The number of benzene rings is 2. The van der Waals surface area contributed by atoms with Gasteiger partial charge in [-0.25, -0.2) is 13.6 Å². The summed E-state index contributed by atoms with van der Waals surface area (Å²) in [7, 11) is -3.79. The van der Waals surface area contributed by atoms with Gasteiger partial charge in [0.25, 0.3) is 5.91 Å². The summed E-state index contributed by atoms with van der Waals surface area (Å²) in [5.41, 5.74) is 2.29. The van der Waals surface area contributed by atoms with E-state index in [1.807, 2.05) is 42.2 Å². The fourth-order valence-corrected chi connectivity index (χ4v) is 5.85. The lowest BCUT2D eigenvalue weighted by atomic mass is 10.0. The van der Waals surface area contributed by atoms with Crippen LogP contribution in [0.25, 0.3) is 0 Å². The topological polar surface area (TPSA) is 104 Å². The smallest absolute Gasteiger partial charge is 0.253 e. The number of hydrogen-bond acceptors (Lipinski definition) is 5. The molecule has 0 aliphatic carbocycles. The summed E-state index contributed by atoms with van der Waals surface area (Å²) >= 11 is 0. The van der Waals surface area contributed by atoms with Gasteiger partial charge in [0.15, 0.2) is 0 Å². The van der Waals surface area contributed by atoms with Crippen LogP contribution in [0.5, 0.6) is 0 Å². The second kappa shape index (κ2) is 10.5. The van der Waals surface area contributed by atoms with Crippen molar-refractivity contribution in [3.8, 4) is 0 Å². The molecule has 2 amide bonds. The Hall–Kier alpha value is -2.75. The number of sulfonamides is 1. The number of piperidine rings is 1. The Morgan fingerprint density at radius 3 is 2.40 bits per heavy atom. The molecule has 4 rings (SSSR count). The van der Waals surface area contributed by atoms with E-state index in [-0.39, 0.29) is 28.8 Å². The minimum absolute atomic E-state index is 0.0100. The molecule has 2 aliphatic heterocycles. The minimum Gasteiger partial charge on any atom is -0.339 e. The van der Waals surface area contributed by atoms with Gasteiger partial charge in [-0.05, 0) is 75.0 Å². The van der Waals surface area contributed by atoms with E-state index in [9.17, 15) is 18.0 Å². The highest BCUT2D eigenvalue weighted by Gasteiger charge is 2.34. The summed E-state index contributed by atoms with van der Waals surface area (Å²) in [5, 5.41) is 5.28. The van der Waals surface area contributed by atoms with E-state index in [1.54, 1.807) is 17.0 Å². The summed E-state index contributed by atoms with van der Waals surface area (Å²) in [6.07, 6.45) is 3.18. The van der Waals surface area contributed by atoms with Crippen LogP contribution in [0.15, 0.2) is 53.4 Å². The predicted octanol–water partition coefficient (Wildman–Crippen LogP) is 2.63. The third-order valence-corrected chi connectivity index (χ3v) is 7.91. The maximum Gasteiger partial charge on any atom is 0.253 e. The van der Waals surface area contributed by atoms with Crippen molar-refractivity contribution in [1.82, 2.24) is 9.80 Å². The molecule has 0 saturated carbocycles. The first-order valence-corrected chi connectivity index (χ1v) is 13.8.